The third kappa shape index (κ3) is 6.11. The summed E-state index contributed by atoms with van der Waals surface area (Å²) in [7, 11) is 0. The van der Waals surface area contributed by atoms with Gasteiger partial charge in [0.25, 0.3) is 0 Å². The van der Waals surface area contributed by atoms with Gasteiger partial charge in [-0.15, -0.1) is 0 Å². The van der Waals surface area contributed by atoms with E-state index in [1.807, 2.05) is 6.92 Å². The fraction of sp³-hybridized carbons (Fsp3) is 0.933. The first kappa shape index (κ1) is 17.8. The van der Waals surface area contributed by atoms with Gasteiger partial charge in [-0.05, 0) is 37.5 Å². The molecular formula is C15H30N2S. The lowest BCUT2D eigenvalue weighted by Crippen LogP contribution is -2.41. The summed E-state index contributed by atoms with van der Waals surface area (Å²) in [4.78, 5) is 2.43. The fourth-order valence-electron chi connectivity index (χ4n) is 2.76. The first-order chi connectivity index (χ1) is 8.57. The molecular weight excluding hydrogens is 240 g/mol. The summed E-state index contributed by atoms with van der Waals surface area (Å²) in [5.74, 6) is 1.07. The Morgan fingerprint density at radius 3 is 2.11 bits per heavy atom. The smallest absolute Gasteiger partial charge is 0.0666 e. The second kappa shape index (κ2) is 9.69. The minimum absolute atomic E-state index is 0.117. The van der Waals surface area contributed by atoms with Crippen LogP contribution in [-0.4, -0.2) is 30.3 Å². The highest BCUT2D eigenvalue weighted by atomic mass is 32.1. The third-order valence-corrected chi connectivity index (χ3v) is 4.33. The van der Waals surface area contributed by atoms with Crippen molar-refractivity contribution in [2.45, 2.75) is 53.4 Å². The highest BCUT2D eigenvalue weighted by Crippen LogP contribution is 2.32. The average molecular weight is 270 g/mol. The van der Waals surface area contributed by atoms with Crippen LogP contribution in [0.4, 0.5) is 0 Å². The second-order valence-electron chi connectivity index (χ2n) is 5.52. The molecule has 1 unspecified atom stereocenters. The van der Waals surface area contributed by atoms with Gasteiger partial charge >= 0.3 is 0 Å². The summed E-state index contributed by atoms with van der Waals surface area (Å²) in [5, 5.41) is 8.95. The number of thiol groups is 1. The van der Waals surface area contributed by atoms with Gasteiger partial charge in [0.15, 0.2) is 0 Å². The number of rotatable bonds is 10. The van der Waals surface area contributed by atoms with Crippen molar-refractivity contribution in [2.24, 2.45) is 11.3 Å². The maximum absolute atomic E-state index is 8.95. The SMILES string of the molecule is CCCC(CS)(CCC)CN(CC)CC(C)C#N. The van der Waals surface area contributed by atoms with Crippen LogP contribution >= 0.6 is 12.6 Å². The van der Waals surface area contributed by atoms with Gasteiger partial charge < -0.3 is 4.90 Å². The molecule has 0 fully saturated rings. The van der Waals surface area contributed by atoms with E-state index in [4.69, 9.17) is 5.26 Å². The molecule has 0 N–H and O–H groups in total. The summed E-state index contributed by atoms with van der Waals surface area (Å²) < 4.78 is 0. The van der Waals surface area contributed by atoms with Gasteiger partial charge in [0.1, 0.15) is 0 Å². The van der Waals surface area contributed by atoms with Crippen LogP contribution < -0.4 is 0 Å². The molecule has 0 spiro atoms. The molecule has 0 heterocycles. The van der Waals surface area contributed by atoms with E-state index in [0.29, 0.717) is 5.41 Å². The van der Waals surface area contributed by atoms with E-state index in [9.17, 15) is 0 Å². The van der Waals surface area contributed by atoms with Crippen LogP contribution in [0.15, 0.2) is 0 Å². The summed E-state index contributed by atoms with van der Waals surface area (Å²) in [6, 6.07) is 2.34. The fourth-order valence-corrected chi connectivity index (χ4v) is 3.18. The number of nitrogens with zero attached hydrogens (tertiary/aromatic N) is 2. The number of nitriles is 1. The van der Waals surface area contributed by atoms with Crippen LogP contribution in [0.3, 0.4) is 0 Å². The monoisotopic (exact) mass is 270 g/mol. The summed E-state index contributed by atoms with van der Waals surface area (Å²) in [5.41, 5.74) is 0.331. The lowest BCUT2D eigenvalue weighted by molar-refractivity contribution is 0.144. The van der Waals surface area contributed by atoms with E-state index in [1.165, 1.54) is 25.7 Å². The molecule has 0 radical (unpaired) electrons. The zero-order valence-electron chi connectivity index (χ0n) is 12.6. The minimum Gasteiger partial charge on any atom is -0.302 e. The van der Waals surface area contributed by atoms with Gasteiger partial charge in [0.2, 0.25) is 0 Å². The van der Waals surface area contributed by atoms with Crippen molar-refractivity contribution < 1.29 is 0 Å². The van der Waals surface area contributed by atoms with E-state index in [-0.39, 0.29) is 5.92 Å². The van der Waals surface area contributed by atoms with Gasteiger partial charge in [-0.1, -0.05) is 33.6 Å². The topological polar surface area (TPSA) is 27.0 Å². The maximum atomic E-state index is 8.95. The van der Waals surface area contributed by atoms with E-state index in [0.717, 1.165) is 25.4 Å². The lowest BCUT2D eigenvalue weighted by Gasteiger charge is -2.37. The number of hydrogen-bond donors (Lipinski definition) is 1. The summed E-state index contributed by atoms with van der Waals surface area (Å²) in [6.45, 7) is 11.7. The molecule has 0 saturated heterocycles. The first-order valence-corrected chi connectivity index (χ1v) is 7.93. The van der Waals surface area contributed by atoms with Gasteiger partial charge in [0.05, 0.1) is 12.0 Å². The Hall–Kier alpha value is -0.200. The van der Waals surface area contributed by atoms with Crippen LogP contribution in [0.25, 0.3) is 0 Å². The van der Waals surface area contributed by atoms with Crippen molar-refractivity contribution >= 4 is 12.6 Å². The van der Waals surface area contributed by atoms with Gasteiger partial charge in [-0.2, -0.15) is 17.9 Å². The molecule has 0 aliphatic heterocycles. The minimum atomic E-state index is 0.117. The summed E-state index contributed by atoms with van der Waals surface area (Å²) >= 11 is 4.60. The predicted molar refractivity (Wildman–Crippen MR) is 83.0 cm³/mol. The Kier molecular flexibility index (Phi) is 9.59. The zero-order chi connectivity index (χ0) is 14.0. The van der Waals surface area contributed by atoms with Crippen molar-refractivity contribution in [3.8, 4) is 6.07 Å². The molecule has 2 nitrogen and oxygen atoms in total. The summed E-state index contributed by atoms with van der Waals surface area (Å²) in [6.07, 6.45) is 4.90. The highest BCUT2D eigenvalue weighted by Gasteiger charge is 2.29. The van der Waals surface area contributed by atoms with Crippen LogP contribution in [0.2, 0.25) is 0 Å². The second-order valence-corrected chi connectivity index (χ2v) is 5.83. The Morgan fingerprint density at radius 1 is 1.22 bits per heavy atom. The lowest BCUT2D eigenvalue weighted by atomic mass is 9.80. The molecule has 0 bridgehead atoms. The van der Waals surface area contributed by atoms with E-state index >= 15 is 0 Å². The Bertz CT molecular complexity index is 241. The largest absolute Gasteiger partial charge is 0.302 e. The van der Waals surface area contributed by atoms with Gasteiger partial charge in [-0.25, -0.2) is 0 Å². The highest BCUT2D eigenvalue weighted by molar-refractivity contribution is 7.80. The molecule has 0 aromatic carbocycles. The van der Waals surface area contributed by atoms with Crippen molar-refractivity contribution in [3.05, 3.63) is 0 Å². The Labute approximate surface area is 119 Å². The molecule has 0 rings (SSSR count). The quantitative estimate of drug-likeness (QED) is 0.608. The van der Waals surface area contributed by atoms with E-state index < -0.39 is 0 Å². The molecule has 0 aromatic heterocycles. The molecule has 0 aliphatic rings. The maximum Gasteiger partial charge on any atom is 0.0666 e. The molecule has 3 heteroatoms. The van der Waals surface area contributed by atoms with Crippen LogP contribution in [0.1, 0.15) is 53.4 Å². The van der Waals surface area contributed by atoms with Gasteiger partial charge in [0, 0.05) is 13.1 Å². The van der Waals surface area contributed by atoms with Crippen LogP contribution in [0, 0.1) is 22.7 Å². The number of hydrogen-bond acceptors (Lipinski definition) is 3. The molecule has 18 heavy (non-hydrogen) atoms. The normalized spacial score (nSPS) is 13.6. The Balaban J connectivity index is 4.65. The van der Waals surface area contributed by atoms with Crippen molar-refractivity contribution in [1.29, 1.82) is 5.26 Å². The van der Waals surface area contributed by atoms with Crippen LogP contribution in [-0.2, 0) is 0 Å². The zero-order valence-corrected chi connectivity index (χ0v) is 13.5. The first-order valence-electron chi connectivity index (χ1n) is 7.30. The molecule has 106 valence electrons. The molecule has 0 saturated carbocycles. The van der Waals surface area contributed by atoms with Crippen molar-refractivity contribution in [2.75, 3.05) is 25.4 Å². The standard InChI is InChI=1S/C15H30N2S/c1-5-8-15(13-18,9-6-2)12-17(7-3)11-14(4)10-16/h14,18H,5-9,11-13H2,1-4H3. The van der Waals surface area contributed by atoms with Crippen LogP contribution in [0.5, 0.6) is 0 Å². The van der Waals surface area contributed by atoms with Gasteiger partial charge in [-0.3, -0.25) is 0 Å². The van der Waals surface area contributed by atoms with Crippen molar-refractivity contribution in [3.63, 3.8) is 0 Å². The van der Waals surface area contributed by atoms with E-state index in [1.54, 1.807) is 0 Å². The van der Waals surface area contributed by atoms with Crippen molar-refractivity contribution in [1.82, 2.24) is 4.90 Å². The predicted octanol–water partition coefficient (Wildman–Crippen LogP) is 3.98. The molecule has 1 atom stereocenters. The molecule has 0 amide bonds. The average Bonchev–Trinajstić information content (AvgIpc) is 2.38. The molecule has 0 aliphatic carbocycles. The molecule has 0 aromatic rings. The Morgan fingerprint density at radius 2 is 1.78 bits per heavy atom. The van der Waals surface area contributed by atoms with E-state index in [2.05, 4.69) is 44.4 Å². The third-order valence-electron chi connectivity index (χ3n) is 3.65.